The van der Waals surface area contributed by atoms with Crippen LogP contribution in [0.4, 0.5) is 31.7 Å². The van der Waals surface area contributed by atoms with Crippen LogP contribution in [0.1, 0.15) is 27.1 Å². The monoisotopic (exact) mass is 547 g/mol. The largest absolute Gasteiger partial charge is 0.487 e. The average molecular weight is 548 g/mol. The Kier molecular flexibility index (Phi) is 7.69. The number of halogens is 3. The number of carbonyl (C=O) groups is 2. The van der Waals surface area contributed by atoms with E-state index in [9.17, 15) is 33.6 Å². The Morgan fingerprint density at radius 2 is 1.76 bits per heavy atom. The Labute approximate surface area is 219 Å². The predicted molar refractivity (Wildman–Crippen MR) is 134 cm³/mol. The number of hydrogen-bond donors (Lipinski definition) is 3. The number of non-ortho nitro benzene ring substituents is 1. The number of nitro groups is 1. The first-order valence-corrected chi connectivity index (χ1v) is 11.5. The Hall–Kier alpha value is -4.36. The molecule has 2 heterocycles. The summed E-state index contributed by atoms with van der Waals surface area (Å²) in [4.78, 5) is 42.1. The standard InChI is InChI=1S/C24H20ClF2N5O6/c25-24(26,27)38-19-7-3-16(4-8-19)29-23(35)15-11-20(21(28-12-15)31-10-9-18(33)13-31)30-22(34)14-1-5-17(6-2-14)32(36)37/h1-8,11-12,18,33H,9-10,13H2,(H,29,35)(H,30,34)/t18-/m1/s1. The van der Waals surface area contributed by atoms with Crippen LogP contribution in [-0.2, 0) is 0 Å². The fourth-order valence-corrected chi connectivity index (χ4v) is 3.82. The van der Waals surface area contributed by atoms with Crippen LogP contribution in [-0.4, -0.2) is 51.6 Å². The van der Waals surface area contributed by atoms with Gasteiger partial charge in [0.25, 0.3) is 17.5 Å². The van der Waals surface area contributed by atoms with Crippen LogP contribution in [0.25, 0.3) is 0 Å². The molecule has 3 aromatic rings. The van der Waals surface area contributed by atoms with Crippen molar-refractivity contribution in [2.75, 3.05) is 28.6 Å². The van der Waals surface area contributed by atoms with E-state index < -0.39 is 28.4 Å². The van der Waals surface area contributed by atoms with Gasteiger partial charge in [0, 0.05) is 54.3 Å². The molecule has 1 aliphatic heterocycles. The minimum absolute atomic E-state index is 0.0695. The third-order valence-electron chi connectivity index (χ3n) is 5.53. The molecule has 198 valence electrons. The van der Waals surface area contributed by atoms with Crippen LogP contribution in [0, 0.1) is 10.1 Å². The predicted octanol–water partition coefficient (Wildman–Crippen LogP) is 4.23. The van der Waals surface area contributed by atoms with Crippen LogP contribution in [0.5, 0.6) is 5.75 Å². The van der Waals surface area contributed by atoms with E-state index in [1.165, 1.54) is 60.8 Å². The number of alkyl halides is 3. The number of rotatable bonds is 8. The van der Waals surface area contributed by atoms with Gasteiger partial charge in [-0.2, -0.15) is 0 Å². The summed E-state index contributed by atoms with van der Waals surface area (Å²) in [5.74, 6) is -1.07. The topological polar surface area (TPSA) is 147 Å². The van der Waals surface area contributed by atoms with Crippen LogP contribution < -0.4 is 20.3 Å². The summed E-state index contributed by atoms with van der Waals surface area (Å²) >= 11 is 4.74. The Morgan fingerprint density at radius 1 is 1.11 bits per heavy atom. The van der Waals surface area contributed by atoms with E-state index in [2.05, 4.69) is 20.4 Å². The highest BCUT2D eigenvalue weighted by Crippen LogP contribution is 2.29. The Balaban J connectivity index is 1.55. The lowest BCUT2D eigenvalue weighted by Gasteiger charge is -2.21. The molecule has 1 aromatic heterocycles. The van der Waals surface area contributed by atoms with E-state index >= 15 is 0 Å². The van der Waals surface area contributed by atoms with Crippen molar-refractivity contribution in [1.82, 2.24) is 4.98 Å². The molecule has 0 aliphatic carbocycles. The van der Waals surface area contributed by atoms with Crippen LogP contribution in [0.15, 0.2) is 60.8 Å². The van der Waals surface area contributed by atoms with Gasteiger partial charge in [-0.15, -0.1) is 8.78 Å². The normalized spacial score (nSPS) is 15.2. The van der Waals surface area contributed by atoms with Gasteiger partial charge in [0.1, 0.15) is 5.75 Å². The van der Waals surface area contributed by atoms with Crippen molar-refractivity contribution in [1.29, 1.82) is 0 Å². The van der Waals surface area contributed by atoms with E-state index in [0.717, 1.165) is 0 Å². The molecule has 1 fully saturated rings. The molecule has 0 bridgehead atoms. The number of nitrogens with one attached hydrogen (secondary N) is 2. The zero-order valence-electron chi connectivity index (χ0n) is 19.4. The number of β-amino-alcohol motifs (C(OH)–C–C–N with tert-alkyl or cyclic N) is 1. The minimum atomic E-state index is -3.88. The summed E-state index contributed by atoms with van der Waals surface area (Å²) < 4.78 is 29.8. The molecule has 0 radical (unpaired) electrons. The number of anilines is 3. The van der Waals surface area contributed by atoms with Crippen molar-refractivity contribution < 1.29 is 33.1 Å². The molecule has 1 aliphatic rings. The van der Waals surface area contributed by atoms with Crippen LogP contribution >= 0.6 is 11.6 Å². The third kappa shape index (κ3) is 6.69. The van der Waals surface area contributed by atoms with E-state index in [0.29, 0.717) is 18.8 Å². The molecule has 0 unspecified atom stereocenters. The van der Waals surface area contributed by atoms with Crippen molar-refractivity contribution in [2.24, 2.45) is 0 Å². The second-order valence-electron chi connectivity index (χ2n) is 8.27. The number of aromatic nitrogens is 1. The van der Waals surface area contributed by atoms with Crippen molar-refractivity contribution in [3.63, 3.8) is 0 Å². The van der Waals surface area contributed by atoms with Crippen molar-refractivity contribution >= 4 is 46.3 Å². The SMILES string of the molecule is O=C(Nc1ccc(OC(F)(F)Cl)cc1)c1cnc(N2CC[C@@H](O)C2)c(NC(=O)c2ccc([N+](=O)[O-])cc2)c1. The van der Waals surface area contributed by atoms with Crippen LogP contribution in [0.2, 0.25) is 0 Å². The molecule has 3 N–H and O–H groups in total. The van der Waals surface area contributed by atoms with Gasteiger partial charge in [0.2, 0.25) is 0 Å². The molecule has 1 saturated heterocycles. The maximum absolute atomic E-state index is 12.9. The van der Waals surface area contributed by atoms with Crippen molar-refractivity contribution in [3.05, 3.63) is 82.0 Å². The molecule has 2 amide bonds. The lowest BCUT2D eigenvalue weighted by Crippen LogP contribution is -2.25. The Morgan fingerprint density at radius 3 is 2.34 bits per heavy atom. The lowest BCUT2D eigenvalue weighted by atomic mass is 10.1. The number of nitrogens with zero attached hydrogens (tertiary/aromatic N) is 3. The molecule has 2 aromatic carbocycles. The Bertz CT molecular complexity index is 1350. The fraction of sp³-hybridized carbons (Fsp3) is 0.208. The molecule has 1 atom stereocenters. The van der Waals surface area contributed by atoms with Crippen molar-refractivity contribution in [2.45, 2.75) is 18.1 Å². The first-order chi connectivity index (χ1) is 18.0. The zero-order valence-corrected chi connectivity index (χ0v) is 20.2. The van der Waals surface area contributed by atoms with Gasteiger partial charge < -0.3 is 25.4 Å². The summed E-state index contributed by atoms with van der Waals surface area (Å²) in [7, 11) is 0. The van der Waals surface area contributed by atoms with Gasteiger partial charge in [-0.25, -0.2) is 4.98 Å². The molecule has 4 rings (SSSR count). The maximum atomic E-state index is 12.9. The molecule has 14 heteroatoms. The van der Waals surface area contributed by atoms with Gasteiger partial charge in [0.15, 0.2) is 5.82 Å². The highest BCUT2D eigenvalue weighted by molar-refractivity contribution is 6.20. The van der Waals surface area contributed by atoms with Gasteiger partial charge in [-0.05, 0) is 48.9 Å². The molecular weight excluding hydrogens is 528 g/mol. The number of aliphatic hydroxyl groups is 1. The summed E-state index contributed by atoms with van der Waals surface area (Å²) in [6, 6.07) is 11.4. The van der Waals surface area contributed by atoms with Gasteiger partial charge in [-0.3, -0.25) is 19.7 Å². The summed E-state index contributed by atoms with van der Waals surface area (Å²) in [5.41, 5.74) is -3.39. The number of carbonyl (C=O) groups excluding carboxylic acids is 2. The number of nitro benzene ring substituents is 1. The molecule has 11 nitrogen and oxygen atoms in total. The van der Waals surface area contributed by atoms with E-state index in [4.69, 9.17) is 11.6 Å². The molecular formula is C24H20ClF2N5O6. The number of ether oxygens (including phenoxy) is 1. The number of benzene rings is 2. The highest BCUT2D eigenvalue weighted by Gasteiger charge is 2.28. The fourth-order valence-electron chi connectivity index (χ4n) is 3.73. The van der Waals surface area contributed by atoms with Gasteiger partial charge in [0.05, 0.1) is 22.3 Å². The van der Waals surface area contributed by atoms with Crippen molar-refractivity contribution in [3.8, 4) is 5.75 Å². The molecule has 38 heavy (non-hydrogen) atoms. The van der Waals surface area contributed by atoms with E-state index in [1.54, 1.807) is 4.90 Å². The third-order valence-corrected chi connectivity index (χ3v) is 5.60. The zero-order chi connectivity index (χ0) is 27.4. The lowest BCUT2D eigenvalue weighted by molar-refractivity contribution is -0.384. The summed E-state index contributed by atoms with van der Waals surface area (Å²) in [6.07, 6.45) is 1.21. The first-order valence-electron chi connectivity index (χ1n) is 11.1. The average Bonchev–Trinajstić information content (AvgIpc) is 3.30. The maximum Gasteiger partial charge on any atom is 0.487 e. The number of amides is 2. The highest BCUT2D eigenvalue weighted by atomic mass is 35.5. The number of hydrogen-bond acceptors (Lipinski definition) is 8. The molecule has 0 saturated carbocycles. The summed E-state index contributed by atoms with van der Waals surface area (Å²) in [5, 5.41) is 26.1. The van der Waals surface area contributed by atoms with E-state index in [-0.39, 0.29) is 40.5 Å². The smallest absolute Gasteiger partial charge is 0.420 e. The van der Waals surface area contributed by atoms with Crippen LogP contribution in [0.3, 0.4) is 0 Å². The van der Waals surface area contributed by atoms with Gasteiger partial charge >= 0.3 is 5.57 Å². The van der Waals surface area contributed by atoms with E-state index in [1.807, 2.05) is 0 Å². The molecule has 0 spiro atoms. The summed E-state index contributed by atoms with van der Waals surface area (Å²) in [6.45, 7) is 0.741. The first kappa shape index (κ1) is 26.7. The number of pyridine rings is 1. The minimum Gasteiger partial charge on any atom is -0.420 e. The van der Waals surface area contributed by atoms with Gasteiger partial charge in [-0.1, -0.05) is 0 Å². The quantitative estimate of drug-likeness (QED) is 0.216. The second-order valence-corrected chi connectivity index (χ2v) is 8.71. The number of aliphatic hydroxyl groups excluding tert-OH is 1. The second kappa shape index (κ2) is 10.9.